The van der Waals surface area contributed by atoms with Gasteiger partial charge in [0, 0.05) is 10.0 Å². The largest absolute Gasteiger partial charge is 0.448 e. The Morgan fingerprint density at radius 3 is 2.55 bits per heavy atom. The molecule has 0 aliphatic carbocycles. The number of carbonyl (C=O) groups excluding carboxylic acids is 2. The van der Waals surface area contributed by atoms with E-state index in [0.29, 0.717) is 0 Å². The van der Waals surface area contributed by atoms with Crippen LogP contribution in [0, 0.1) is 0 Å². The summed E-state index contributed by atoms with van der Waals surface area (Å²) in [5.74, 6) is -0.712. The number of carbonyl (C=O) groups is 2. The third-order valence-electron chi connectivity index (χ3n) is 2.17. The van der Waals surface area contributed by atoms with Gasteiger partial charge in [0.2, 0.25) is 0 Å². The normalized spacial score (nSPS) is 11.0. The van der Waals surface area contributed by atoms with Crippen molar-refractivity contribution in [2.75, 3.05) is 13.2 Å². The molecule has 1 rings (SSSR count). The Morgan fingerprint density at radius 1 is 1.35 bits per heavy atom. The second kappa shape index (κ2) is 6.60. The number of halogens is 4. The predicted molar refractivity (Wildman–Crippen MR) is 67.0 cm³/mol. The first kappa shape index (κ1) is 16.3. The molecule has 110 valence electrons. The summed E-state index contributed by atoms with van der Waals surface area (Å²) < 4.78 is 42.2. The van der Waals surface area contributed by atoms with E-state index in [2.05, 4.69) is 26.0 Å². The molecule has 0 aliphatic rings. The molecule has 0 saturated heterocycles. The lowest BCUT2D eigenvalue weighted by molar-refractivity contribution is -0.138. The van der Waals surface area contributed by atoms with Crippen molar-refractivity contribution in [1.82, 2.24) is 5.32 Å². The van der Waals surface area contributed by atoms with Crippen LogP contribution in [0.5, 0.6) is 0 Å². The topological polar surface area (TPSA) is 81.4 Å². The second-order valence-corrected chi connectivity index (χ2v) is 4.47. The van der Waals surface area contributed by atoms with Crippen LogP contribution in [0.1, 0.15) is 15.9 Å². The van der Waals surface area contributed by atoms with E-state index in [1.807, 2.05) is 0 Å². The Labute approximate surface area is 120 Å². The molecule has 0 unspecified atom stereocenters. The average Bonchev–Trinajstić information content (AvgIpc) is 2.33. The van der Waals surface area contributed by atoms with E-state index < -0.39 is 23.7 Å². The van der Waals surface area contributed by atoms with Crippen LogP contribution in [0.25, 0.3) is 0 Å². The van der Waals surface area contributed by atoms with Crippen molar-refractivity contribution < 1.29 is 27.5 Å². The number of amides is 2. The van der Waals surface area contributed by atoms with Gasteiger partial charge in [0.05, 0.1) is 12.1 Å². The standard InChI is InChI=1S/C11H10BrF3N2O3/c12-8-2-1-6(5-7(8)11(13,14)15)9(18)17-3-4-20-10(16)19/h1-2,5H,3-4H2,(H2,16,19)(H,17,18). The predicted octanol–water partition coefficient (Wildman–Crippen LogP) is 2.29. The van der Waals surface area contributed by atoms with Gasteiger partial charge in [0.15, 0.2) is 0 Å². The van der Waals surface area contributed by atoms with Crippen molar-refractivity contribution in [2.45, 2.75) is 6.18 Å². The number of nitrogens with two attached hydrogens (primary N) is 1. The first-order valence-electron chi connectivity index (χ1n) is 5.29. The van der Waals surface area contributed by atoms with Crippen molar-refractivity contribution in [2.24, 2.45) is 5.73 Å². The molecule has 3 N–H and O–H groups in total. The number of hydrogen-bond donors (Lipinski definition) is 2. The fourth-order valence-corrected chi connectivity index (χ4v) is 1.77. The smallest absolute Gasteiger partial charge is 0.417 e. The lowest BCUT2D eigenvalue weighted by atomic mass is 10.1. The molecule has 0 saturated carbocycles. The third-order valence-corrected chi connectivity index (χ3v) is 2.86. The van der Waals surface area contributed by atoms with Gasteiger partial charge in [-0.1, -0.05) is 15.9 Å². The molecule has 0 heterocycles. The van der Waals surface area contributed by atoms with Crippen LogP contribution in [-0.2, 0) is 10.9 Å². The molecule has 0 atom stereocenters. The molecule has 0 spiro atoms. The highest BCUT2D eigenvalue weighted by Crippen LogP contribution is 2.35. The zero-order chi connectivity index (χ0) is 15.3. The molecule has 0 aliphatic heterocycles. The molecule has 2 amide bonds. The highest BCUT2D eigenvalue weighted by Gasteiger charge is 2.33. The fourth-order valence-electron chi connectivity index (χ4n) is 1.30. The van der Waals surface area contributed by atoms with E-state index in [-0.39, 0.29) is 23.2 Å². The van der Waals surface area contributed by atoms with E-state index in [1.165, 1.54) is 6.07 Å². The number of nitrogens with one attached hydrogen (secondary N) is 1. The van der Waals surface area contributed by atoms with Crippen molar-refractivity contribution in [3.8, 4) is 0 Å². The first-order chi connectivity index (χ1) is 9.21. The van der Waals surface area contributed by atoms with Gasteiger partial charge in [0.1, 0.15) is 6.61 Å². The average molecular weight is 355 g/mol. The van der Waals surface area contributed by atoms with Gasteiger partial charge < -0.3 is 15.8 Å². The molecule has 1 aromatic rings. The summed E-state index contributed by atoms with van der Waals surface area (Å²) in [5.41, 5.74) is 3.60. The zero-order valence-corrected chi connectivity index (χ0v) is 11.5. The Hall–Kier alpha value is -1.77. The summed E-state index contributed by atoms with van der Waals surface area (Å²) in [4.78, 5) is 21.9. The lowest BCUT2D eigenvalue weighted by Gasteiger charge is -2.11. The number of alkyl halides is 3. The maximum Gasteiger partial charge on any atom is 0.417 e. The Bertz CT molecular complexity index is 520. The molecule has 0 radical (unpaired) electrons. The van der Waals surface area contributed by atoms with Gasteiger partial charge in [0.25, 0.3) is 5.91 Å². The van der Waals surface area contributed by atoms with Gasteiger partial charge in [-0.05, 0) is 18.2 Å². The van der Waals surface area contributed by atoms with Crippen molar-refractivity contribution in [3.63, 3.8) is 0 Å². The summed E-state index contributed by atoms with van der Waals surface area (Å²) in [5, 5.41) is 2.30. The first-order valence-corrected chi connectivity index (χ1v) is 6.08. The summed E-state index contributed by atoms with van der Waals surface area (Å²) in [6.45, 7) is -0.219. The van der Waals surface area contributed by atoms with Gasteiger partial charge >= 0.3 is 12.3 Å². The minimum atomic E-state index is -4.57. The molecule has 0 fully saturated rings. The van der Waals surface area contributed by atoms with Crippen LogP contribution in [-0.4, -0.2) is 25.2 Å². The molecular weight excluding hydrogens is 345 g/mol. The maximum atomic E-state index is 12.7. The Balaban J connectivity index is 2.72. The van der Waals surface area contributed by atoms with Gasteiger partial charge in [-0.15, -0.1) is 0 Å². The zero-order valence-electron chi connectivity index (χ0n) is 9.96. The SMILES string of the molecule is NC(=O)OCCNC(=O)c1ccc(Br)c(C(F)(F)F)c1. The van der Waals surface area contributed by atoms with Crippen LogP contribution in [0.2, 0.25) is 0 Å². The number of hydrogen-bond acceptors (Lipinski definition) is 3. The highest BCUT2D eigenvalue weighted by molar-refractivity contribution is 9.10. The molecular formula is C11H10BrF3N2O3. The summed E-state index contributed by atoms with van der Waals surface area (Å²) in [6.07, 6.45) is -5.56. The lowest BCUT2D eigenvalue weighted by Crippen LogP contribution is -2.29. The minimum absolute atomic E-state index is 0.0564. The molecule has 0 aromatic heterocycles. The second-order valence-electron chi connectivity index (χ2n) is 3.62. The minimum Gasteiger partial charge on any atom is -0.448 e. The van der Waals surface area contributed by atoms with Crippen molar-refractivity contribution in [3.05, 3.63) is 33.8 Å². The van der Waals surface area contributed by atoms with Crippen LogP contribution in [0.15, 0.2) is 22.7 Å². The molecule has 5 nitrogen and oxygen atoms in total. The van der Waals surface area contributed by atoms with Crippen LogP contribution >= 0.6 is 15.9 Å². The van der Waals surface area contributed by atoms with E-state index >= 15 is 0 Å². The molecule has 9 heteroatoms. The fraction of sp³-hybridized carbons (Fsp3) is 0.273. The maximum absolute atomic E-state index is 12.7. The molecule has 1 aromatic carbocycles. The van der Waals surface area contributed by atoms with Crippen LogP contribution in [0.3, 0.4) is 0 Å². The Morgan fingerprint density at radius 2 is 2.00 bits per heavy atom. The summed E-state index contributed by atoms with van der Waals surface area (Å²) in [7, 11) is 0. The van der Waals surface area contributed by atoms with E-state index in [9.17, 15) is 22.8 Å². The van der Waals surface area contributed by atoms with Crippen LogP contribution in [0.4, 0.5) is 18.0 Å². The third kappa shape index (κ3) is 4.72. The van der Waals surface area contributed by atoms with E-state index in [1.54, 1.807) is 0 Å². The number of benzene rings is 1. The van der Waals surface area contributed by atoms with Crippen molar-refractivity contribution in [1.29, 1.82) is 0 Å². The van der Waals surface area contributed by atoms with E-state index in [0.717, 1.165) is 12.1 Å². The Kier molecular flexibility index (Phi) is 5.37. The van der Waals surface area contributed by atoms with Gasteiger partial charge in [-0.25, -0.2) is 4.79 Å². The molecule has 0 bridgehead atoms. The number of ether oxygens (including phenoxy) is 1. The monoisotopic (exact) mass is 354 g/mol. The number of rotatable bonds is 4. The molecule has 20 heavy (non-hydrogen) atoms. The highest BCUT2D eigenvalue weighted by atomic mass is 79.9. The van der Waals surface area contributed by atoms with E-state index in [4.69, 9.17) is 5.73 Å². The summed E-state index contributed by atoms with van der Waals surface area (Å²) in [6, 6.07) is 3.11. The summed E-state index contributed by atoms with van der Waals surface area (Å²) >= 11 is 2.77. The van der Waals surface area contributed by atoms with Gasteiger partial charge in [-0.2, -0.15) is 13.2 Å². The quantitative estimate of drug-likeness (QED) is 0.814. The number of primary amides is 1. The van der Waals surface area contributed by atoms with Crippen LogP contribution < -0.4 is 11.1 Å². The van der Waals surface area contributed by atoms with Gasteiger partial charge in [-0.3, -0.25) is 4.79 Å². The van der Waals surface area contributed by atoms with Crippen molar-refractivity contribution >= 4 is 27.9 Å².